The number of sulfonamides is 1. The van der Waals surface area contributed by atoms with Crippen molar-refractivity contribution in [2.75, 3.05) is 28.7 Å². The molecule has 10 heteroatoms. The Hall–Kier alpha value is -1.91. The molecule has 0 bridgehead atoms. The second-order valence-corrected chi connectivity index (χ2v) is 10.2. The van der Waals surface area contributed by atoms with E-state index in [1.165, 1.54) is 17.3 Å². The third kappa shape index (κ3) is 8.55. The average molecular weight is 440 g/mol. The standard InChI is InChI=1S/C19H29N5O3S2/c1-13(2)10-16(11-25)20-17-21-18(24-29(4,26)27)23-19(22-17)28-12-14(3)15-8-6-5-7-9-15/h5-9,13-14,16,25H,10-12H2,1-4H3,(H2,20,21,22,23,24)/t14?,16-/m1/s1. The number of hydrogen-bond donors (Lipinski definition) is 3. The molecule has 0 aliphatic heterocycles. The van der Waals surface area contributed by atoms with Gasteiger partial charge in [0.2, 0.25) is 21.9 Å². The van der Waals surface area contributed by atoms with E-state index in [2.05, 4.69) is 57.9 Å². The Morgan fingerprint density at radius 2 is 1.72 bits per heavy atom. The van der Waals surface area contributed by atoms with Crippen molar-refractivity contribution < 1.29 is 13.5 Å². The van der Waals surface area contributed by atoms with Gasteiger partial charge in [0, 0.05) is 5.75 Å². The van der Waals surface area contributed by atoms with Crippen molar-refractivity contribution in [2.45, 2.75) is 44.3 Å². The highest BCUT2D eigenvalue weighted by molar-refractivity contribution is 7.99. The SMILES string of the molecule is CC(C)C[C@H](CO)Nc1nc(NS(C)(=O)=O)nc(SCC(C)c2ccccc2)n1. The zero-order valence-corrected chi connectivity index (χ0v) is 18.8. The van der Waals surface area contributed by atoms with Gasteiger partial charge >= 0.3 is 0 Å². The molecule has 2 atom stereocenters. The Labute approximate surface area is 177 Å². The summed E-state index contributed by atoms with van der Waals surface area (Å²) in [6.45, 7) is 6.15. The highest BCUT2D eigenvalue weighted by Crippen LogP contribution is 2.25. The maximum absolute atomic E-state index is 11.6. The maximum atomic E-state index is 11.6. The number of anilines is 2. The maximum Gasteiger partial charge on any atom is 0.242 e. The predicted molar refractivity (Wildman–Crippen MR) is 118 cm³/mol. The van der Waals surface area contributed by atoms with Gasteiger partial charge in [0.15, 0.2) is 5.16 Å². The van der Waals surface area contributed by atoms with Crippen LogP contribution >= 0.6 is 11.8 Å². The van der Waals surface area contributed by atoms with Gasteiger partial charge in [-0.2, -0.15) is 15.0 Å². The summed E-state index contributed by atoms with van der Waals surface area (Å²) in [6, 6.07) is 9.88. The molecule has 0 spiro atoms. The van der Waals surface area contributed by atoms with Gasteiger partial charge < -0.3 is 10.4 Å². The number of thioether (sulfide) groups is 1. The minimum Gasteiger partial charge on any atom is -0.394 e. The molecular formula is C19H29N5O3S2. The number of rotatable bonds is 11. The quantitative estimate of drug-likeness (QED) is 0.458. The molecule has 160 valence electrons. The number of nitrogens with one attached hydrogen (secondary N) is 2. The van der Waals surface area contributed by atoms with Crippen LogP contribution in [0.4, 0.5) is 11.9 Å². The number of aliphatic hydroxyl groups is 1. The molecule has 0 radical (unpaired) electrons. The lowest BCUT2D eigenvalue weighted by molar-refractivity contribution is 0.259. The zero-order valence-electron chi connectivity index (χ0n) is 17.2. The summed E-state index contributed by atoms with van der Waals surface area (Å²) in [5, 5.41) is 13.1. The van der Waals surface area contributed by atoms with Crippen LogP contribution in [0.25, 0.3) is 0 Å². The van der Waals surface area contributed by atoms with E-state index in [9.17, 15) is 13.5 Å². The van der Waals surface area contributed by atoms with Crippen molar-refractivity contribution in [3.63, 3.8) is 0 Å². The highest BCUT2D eigenvalue weighted by atomic mass is 32.2. The molecule has 1 heterocycles. The van der Waals surface area contributed by atoms with Crippen LogP contribution in [0.2, 0.25) is 0 Å². The molecule has 2 aromatic rings. The lowest BCUT2D eigenvalue weighted by Gasteiger charge is -2.19. The first kappa shape index (κ1) is 23.4. The van der Waals surface area contributed by atoms with Crippen LogP contribution in [-0.4, -0.2) is 53.1 Å². The second kappa shape index (κ2) is 10.7. The van der Waals surface area contributed by atoms with E-state index in [1.54, 1.807) is 0 Å². The molecule has 0 saturated carbocycles. The summed E-state index contributed by atoms with van der Waals surface area (Å²) in [6.07, 6.45) is 1.77. The second-order valence-electron chi connectivity index (χ2n) is 7.42. The van der Waals surface area contributed by atoms with E-state index in [-0.39, 0.29) is 30.5 Å². The summed E-state index contributed by atoms with van der Waals surface area (Å²) >= 11 is 1.43. The Bertz CT molecular complexity index is 879. The number of benzene rings is 1. The molecule has 8 nitrogen and oxygen atoms in total. The summed E-state index contributed by atoms with van der Waals surface area (Å²) in [4.78, 5) is 12.8. The first-order valence-electron chi connectivity index (χ1n) is 9.45. The van der Waals surface area contributed by atoms with E-state index in [0.29, 0.717) is 11.1 Å². The Balaban J connectivity index is 2.19. The Morgan fingerprint density at radius 1 is 1.07 bits per heavy atom. The molecule has 3 N–H and O–H groups in total. The van der Waals surface area contributed by atoms with Crippen molar-refractivity contribution >= 4 is 33.7 Å². The number of hydrogen-bond acceptors (Lipinski definition) is 8. The fourth-order valence-electron chi connectivity index (χ4n) is 2.71. The van der Waals surface area contributed by atoms with Gasteiger partial charge in [-0.15, -0.1) is 0 Å². The fourth-order valence-corrected chi connectivity index (χ4v) is 4.02. The molecule has 0 saturated heterocycles. The molecule has 0 aliphatic rings. The summed E-state index contributed by atoms with van der Waals surface area (Å²) < 4.78 is 25.5. The van der Waals surface area contributed by atoms with E-state index in [1.807, 2.05) is 18.2 Å². The molecule has 1 unspecified atom stereocenters. The van der Waals surface area contributed by atoms with Gasteiger partial charge in [0.05, 0.1) is 18.9 Å². The molecule has 29 heavy (non-hydrogen) atoms. The molecular weight excluding hydrogens is 410 g/mol. The summed E-state index contributed by atoms with van der Waals surface area (Å²) in [5.74, 6) is 1.56. The third-order valence-corrected chi connectivity index (χ3v) is 5.69. The lowest BCUT2D eigenvalue weighted by Crippen LogP contribution is -2.27. The fraction of sp³-hybridized carbons (Fsp3) is 0.526. The van der Waals surface area contributed by atoms with Crippen LogP contribution in [0, 0.1) is 5.92 Å². The smallest absolute Gasteiger partial charge is 0.242 e. The van der Waals surface area contributed by atoms with Gasteiger partial charge in [0.1, 0.15) is 0 Å². The normalized spacial score (nSPS) is 13.9. The van der Waals surface area contributed by atoms with E-state index >= 15 is 0 Å². The van der Waals surface area contributed by atoms with Crippen molar-refractivity contribution in [1.29, 1.82) is 0 Å². The zero-order chi connectivity index (χ0) is 21.4. The van der Waals surface area contributed by atoms with Gasteiger partial charge in [0.25, 0.3) is 0 Å². The molecule has 0 amide bonds. The minimum atomic E-state index is -3.53. The molecule has 0 fully saturated rings. The van der Waals surface area contributed by atoms with Crippen LogP contribution in [-0.2, 0) is 10.0 Å². The molecule has 1 aromatic carbocycles. The van der Waals surface area contributed by atoms with Crippen LogP contribution in [0.1, 0.15) is 38.7 Å². The Kier molecular flexibility index (Phi) is 8.66. The van der Waals surface area contributed by atoms with E-state index in [4.69, 9.17) is 0 Å². The molecule has 1 aromatic heterocycles. The van der Waals surface area contributed by atoms with Crippen molar-refractivity contribution in [3.05, 3.63) is 35.9 Å². The summed E-state index contributed by atoms with van der Waals surface area (Å²) in [7, 11) is -3.53. The third-order valence-electron chi connectivity index (χ3n) is 4.03. The number of nitrogens with zero attached hydrogens (tertiary/aromatic N) is 3. The van der Waals surface area contributed by atoms with Crippen molar-refractivity contribution in [3.8, 4) is 0 Å². The van der Waals surface area contributed by atoms with E-state index in [0.717, 1.165) is 18.4 Å². The average Bonchev–Trinajstić information content (AvgIpc) is 2.64. The summed E-state index contributed by atoms with van der Waals surface area (Å²) in [5.41, 5.74) is 1.21. The Morgan fingerprint density at radius 3 is 2.31 bits per heavy atom. The largest absolute Gasteiger partial charge is 0.394 e. The number of aliphatic hydroxyl groups excluding tert-OH is 1. The van der Waals surface area contributed by atoms with Crippen LogP contribution in [0.3, 0.4) is 0 Å². The van der Waals surface area contributed by atoms with Gasteiger partial charge in [-0.1, -0.05) is 62.9 Å². The monoisotopic (exact) mass is 439 g/mol. The van der Waals surface area contributed by atoms with E-state index < -0.39 is 10.0 Å². The molecule has 2 rings (SSSR count). The van der Waals surface area contributed by atoms with Crippen LogP contribution in [0.15, 0.2) is 35.5 Å². The van der Waals surface area contributed by atoms with Crippen molar-refractivity contribution in [1.82, 2.24) is 15.0 Å². The van der Waals surface area contributed by atoms with Gasteiger partial charge in [-0.25, -0.2) is 8.42 Å². The molecule has 0 aliphatic carbocycles. The first-order chi connectivity index (χ1) is 13.7. The predicted octanol–water partition coefficient (Wildman–Crippen LogP) is 2.96. The topological polar surface area (TPSA) is 117 Å². The van der Waals surface area contributed by atoms with Crippen molar-refractivity contribution in [2.24, 2.45) is 5.92 Å². The minimum absolute atomic E-state index is 0.0406. The number of aromatic nitrogens is 3. The van der Waals surface area contributed by atoms with Gasteiger partial charge in [-0.3, -0.25) is 4.72 Å². The van der Waals surface area contributed by atoms with Crippen LogP contribution < -0.4 is 10.0 Å². The van der Waals surface area contributed by atoms with Gasteiger partial charge in [-0.05, 0) is 23.8 Å². The lowest BCUT2D eigenvalue weighted by atomic mass is 10.0. The van der Waals surface area contributed by atoms with Crippen LogP contribution in [0.5, 0.6) is 0 Å². The first-order valence-corrected chi connectivity index (χ1v) is 12.3. The highest BCUT2D eigenvalue weighted by Gasteiger charge is 2.16.